The van der Waals surface area contributed by atoms with Crippen LogP contribution >= 0.6 is 0 Å². The molecule has 0 aromatic carbocycles. The molecule has 1 saturated heterocycles. The van der Waals surface area contributed by atoms with E-state index in [-0.39, 0.29) is 0 Å². The minimum absolute atomic E-state index is 0.829. The van der Waals surface area contributed by atoms with Crippen LogP contribution in [-0.4, -0.2) is 49.6 Å². The molecule has 0 aliphatic carbocycles. The Kier molecular flexibility index (Phi) is 3.34. The number of likely N-dealkylation sites (tertiary alicyclic amines) is 1. The molecule has 1 heterocycles. The van der Waals surface area contributed by atoms with Crippen LogP contribution in [0.25, 0.3) is 0 Å². The van der Waals surface area contributed by atoms with Crippen molar-refractivity contribution in [2.24, 2.45) is 0 Å². The van der Waals surface area contributed by atoms with E-state index in [4.69, 9.17) is 0 Å². The number of nitrogens with zero attached hydrogens (tertiary/aromatic N) is 2. The maximum Gasteiger partial charge on any atom is 0.0223 e. The highest BCUT2D eigenvalue weighted by molar-refractivity contribution is 4.79. The molecule has 1 rings (SSSR count). The summed E-state index contributed by atoms with van der Waals surface area (Å²) in [4.78, 5) is 4.87. The Hall–Kier alpha value is -0.0800. The zero-order chi connectivity index (χ0) is 8.27. The first-order valence-electron chi connectivity index (χ1n) is 4.62. The first kappa shape index (κ1) is 9.01. The van der Waals surface area contributed by atoms with Crippen molar-refractivity contribution in [1.29, 1.82) is 0 Å². The molecule has 2 heteroatoms. The fourth-order valence-corrected chi connectivity index (χ4v) is 1.94. The molecular formula is C9H20N2. The summed E-state index contributed by atoms with van der Waals surface area (Å²) in [6, 6.07) is 0.829. The third kappa shape index (κ3) is 2.46. The Labute approximate surface area is 70.2 Å². The lowest BCUT2D eigenvalue weighted by atomic mass is 10.2. The molecular weight excluding hydrogens is 136 g/mol. The van der Waals surface area contributed by atoms with Crippen LogP contribution in [0.1, 0.15) is 19.8 Å². The van der Waals surface area contributed by atoms with E-state index in [0.29, 0.717) is 0 Å². The average Bonchev–Trinajstić information content (AvgIpc) is 2.34. The third-order valence-electron chi connectivity index (χ3n) is 2.48. The van der Waals surface area contributed by atoms with Crippen molar-refractivity contribution < 1.29 is 0 Å². The van der Waals surface area contributed by atoms with E-state index >= 15 is 0 Å². The summed E-state index contributed by atoms with van der Waals surface area (Å²) in [5, 5.41) is 0. The van der Waals surface area contributed by atoms with Gasteiger partial charge in [0.05, 0.1) is 0 Å². The largest absolute Gasteiger partial charge is 0.308 e. The van der Waals surface area contributed by atoms with E-state index in [1.807, 2.05) is 0 Å². The molecule has 1 atom stereocenters. The molecule has 1 fully saturated rings. The Morgan fingerprint density at radius 3 is 2.73 bits per heavy atom. The first-order chi connectivity index (χ1) is 5.24. The van der Waals surface area contributed by atoms with Crippen LogP contribution in [0.3, 0.4) is 0 Å². The van der Waals surface area contributed by atoms with Crippen molar-refractivity contribution in [3.8, 4) is 0 Å². The van der Waals surface area contributed by atoms with E-state index in [1.54, 1.807) is 0 Å². The van der Waals surface area contributed by atoms with E-state index in [9.17, 15) is 0 Å². The molecule has 0 saturated carbocycles. The molecule has 11 heavy (non-hydrogen) atoms. The highest BCUT2D eigenvalue weighted by atomic mass is 15.2. The number of likely N-dealkylation sites (N-methyl/N-ethyl adjacent to an activating group) is 2. The quantitative estimate of drug-likeness (QED) is 0.602. The number of hydrogen-bond acceptors (Lipinski definition) is 2. The van der Waals surface area contributed by atoms with Gasteiger partial charge >= 0.3 is 0 Å². The summed E-state index contributed by atoms with van der Waals surface area (Å²) in [7, 11) is 4.32. The Morgan fingerprint density at radius 2 is 2.18 bits per heavy atom. The van der Waals surface area contributed by atoms with Crippen molar-refractivity contribution >= 4 is 0 Å². The van der Waals surface area contributed by atoms with Gasteiger partial charge in [0.25, 0.3) is 0 Å². The van der Waals surface area contributed by atoms with Crippen LogP contribution in [0, 0.1) is 0 Å². The second-order valence-corrected chi connectivity index (χ2v) is 3.69. The second kappa shape index (κ2) is 4.07. The smallest absolute Gasteiger partial charge is 0.0223 e. The van der Waals surface area contributed by atoms with Crippen molar-refractivity contribution in [2.75, 3.05) is 33.7 Å². The lowest BCUT2D eigenvalue weighted by molar-refractivity contribution is 0.216. The molecule has 1 aliphatic rings. The van der Waals surface area contributed by atoms with Gasteiger partial charge in [0.2, 0.25) is 0 Å². The molecule has 2 nitrogen and oxygen atoms in total. The van der Waals surface area contributed by atoms with Crippen LogP contribution in [0.4, 0.5) is 0 Å². The number of hydrogen-bond donors (Lipinski definition) is 0. The Balaban J connectivity index is 2.31. The molecule has 0 aromatic rings. The molecule has 1 unspecified atom stereocenters. The van der Waals surface area contributed by atoms with E-state index in [0.717, 1.165) is 6.04 Å². The van der Waals surface area contributed by atoms with Crippen LogP contribution in [0.2, 0.25) is 0 Å². The fourth-order valence-electron chi connectivity index (χ4n) is 1.94. The molecule has 66 valence electrons. The molecule has 0 aromatic heterocycles. The highest BCUT2D eigenvalue weighted by Crippen LogP contribution is 2.16. The maximum absolute atomic E-state index is 2.58. The van der Waals surface area contributed by atoms with Crippen LogP contribution in [0.5, 0.6) is 0 Å². The van der Waals surface area contributed by atoms with E-state index in [1.165, 1.54) is 32.5 Å². The van der Waals surface area contributed by atoms with Gasteiger partial charge in [-0.25, -0.2) is 0 Å². The van der Waals surface area contributed by atoms with Crippen molar-refractivity contribution in [3.05, 3.63) is 0 Å². The van der Waals surface area contributed by atoms with Crippen molar-refractivity contribution in [1.82, 2.24) is 9.80 Å². The topological polar surface area (TPSA) is 6.48 Å². The van der Waals surface area contributed by atoms with E-state index in [2.05, 4.69) is 30.8 Å². The Morgan fingerprint density at radius 1 is 1.45 bits per heavy atom. The highest BCUT2D eigenvalue weighted by Gasteiger charge is 2.22. The summed E-state index contributed by atoms with van der Waals surface area (Å²) in [5.41, 5.74) is 0. The maximum atomic E-state index is 2.58. The predicted octanol–water partition coefficient (Wildman–Crippen LogP) is 1.03. The van der Waals surface area contributed by atoms with Gasteiger partial charge in [-0.1, -0.05) is 6.92 Å². The summed E-state index contributed by atoms with van der Waals surface area (Å²) in [6.07, 6.45) is 2.79. The van der Waals surface area contributed by atoms with Gasteiger partial charge in [-0.05, 0) is 40.0 Å². The Bertz CT molecular complexity index is 112. The zero-order valence-electron chi connectivity index (χ0n) is 8.01. The first-order valence-corrected chi connectivity index (χ1v) is 4.62. The lowest BCUT2D eigenvalue weighted by Crippen LogP contribution is -2.37. The minimum atomic E-state index is 0.829. The SMILES string of the molecule is CCN1CCCC1CN(C)C. The summed E-state index contributed by atoms with van der Waals surface area (Å²) in [6.45, 7) is 6.02. The third-order valence-corrected chi connectivity index (χ3v) is 2.48. The van der Waals surface area contributed by atoms with Gasteiger partial charge in [-0.3, -0.25) is 4.90 Å². The van der Waals surface area contributed by atoms with Gasteiger partial charge in [0.15, 0.2) is 0 Å². The second-order valence-electron chi connectivity index (χ2n) is 3.69. The van der Waals surface area contributed by atoms with Crippen molar-refractivity contribution in [2.45, 2.75) is 25.8 Å². The van der Waals surface area contributed by atoms with Crippen LogP contribution in [0.15, 0.2) is 0 Å². The standard InChI is InChI=1S/C9H20N2/c1-4-11-7-5-6-9(11)8-10(2)3/h9H,4-8H2,1-3H3. The monoisotopic (exact) mass is 156 g/mol. The van der Waals surface area contributed by atoms with Gasteiger partial charge in [0, 0.05) is 12.6 Å². The molecule has 0 bridgehead atoms. The van der Waals surface area contributed by atoms with Crippen molar-refractivity contribution in [3.63, 3.8) is 0 Å². The normalized spacial score (nSPS) is 26.7. The van der Waals surface area contributed by atoms with E-state index < -0.39 is 0 Å². The lowest BCUT2D eigenvalue weighted by Gasteiger charge is -2.25. The summed E-state index contributed by atoms with van der Waals surface area (Å²) in [5.74, 6) is 0. The molecule has 0 spiro atoms. The van der Waals surface area contributed by atoms with Gasteiger partial charge in [0.1, 0.15) is 0 Å². The van der Waals surface area contributed by atoms with Gasteiger partial charge in [-0.2, -0.15) is 0 Å². The van der Waals surface area contributed by atoms with Gasteiger partial charge in [-0.15, -0.1) is 0 Å². The summed E-state index contributed by atoms with van der Waals surface area (Å²) >= 11 is 0. The van der Waals surface area contributed by atoms with Crippen LogP contribution in [-0.2, 0) is 0 Å². The number of rotatable bonds is 3. The van der Waals surface area contributed by atoms with Gasteiger partial charge < -0.3 is 4.90 Å². The molecule has 0 amide bonds. The molecule has 0 N–H and O–H groups in total. The molecule has 1 aliphatic heterocycles. The fraction of sp³-hybridized carbons (Fsp3) is 1.00. The molecule has 0 radical (unpaired) electrons. The van der Waals surface area contributed by atoms with Crippen LogP contribution < -0.4 is 0 Å². The average molecular weight is 156 g/mol. The summed E-state index contributed by atoms with van der Waals surface area (Å²) < 4.78 is 0. The zero-order valence-corrected chi connectivity index (χ0v) is 8.01. The minimum Gasteiger partial charge on any atom is -0.308 e. The predicted molar refractivity (Wildman–Crippen MR) is 48.8 cm³/mol.